The van der Waals surface area contributed by atoms with E-state index in [-0.39, 0.29) is 11.8 Å². The Labute approximate surface area is 187 Å². The van der Waals surface area contributed by atoms with Crippen molar-refractivity contribution in [2.75, 3.05) is 19.6 Å². The smallest absolute Gasteiger partial charge is 0.320 e. The van der Waals surface area contributed by atoms with Gasteiger partial charge in [-0.2, -0.15) is 0 Å². The maximum Gasteiger partial charge on any atom is 0.320 e. The Morgan fingerprint density at radius 1 is 1.03 bits per heavy atom. The summed E-state index contributed by atoms with van der Waals surface area (Å²) >= 11 is 0. The van der Waals surface area contributed by atoms with Gasteiger partial charge in [0.05, 0.1) is 6.04 Å². The number of amides is 2. The molecule has 1 aliphatic rings. The zero-order chi connectivity index (χ0) is 22.6. The van der Waals surface area contributed by atoms with Gasteiger partial charge < -0.3 is 14.9 Å². The van der Waals surface area contributed by atoms with Gasteiger partial charge in [-0.25, -0.2) is 9.18 Å². The first-order valence-electron chi connectivity index (χ1n) is 10.9. The van der Waals surface area contributed by atoms with E-state index in [0.717, 1.165) is 12.8 Å². The van der Waals surface area contributed by atoms with Crippen molar-refractivity contribution < 1.29 is 14.3 Å². The number of rotatable bonds is 8. The van der Waals surface area contributed by atoms with Crippen LogP contribution in [0.5, 0.6) is 0 Å². The Balaban J connectivity index is 1.87. The van der Waals surface area contributed by atoms with Gasteiger partial charge in [0.15, 0.2) is 0 Å². The van der Waals surface area contributed by atoms with Gasteiger partial charge in [-0.15, -0.1) is 0 Å². The highest BCUT2D eigenvalue weighted by molar-refractivity contribution is 5.77. The Morgan fingerprint density at radius 2 is 1.66 bits per heavy atom. The van der Waals surface area contributed by atoms with E-state index >= 15 is 0 Å². The molecule has 1 atom stereocenters. The van der Waals surface area contributed by atoms with Crippen LogP contribution in [0.3, 0.4) is 0 Å². The molecule has 1 aromatic carbocycles. The van der Waals surface area contributed by atoms with Crippen molar-refractivity contribution in [2.24, 2.45) is 0 Å². The summed E-state index contributed by atoms with van der Waals surface area (Å²) < 4.78 is 13.8. The summed E-state index contributed by atoms with van der Waals surface area (Å²) in [6.07, 6.45) is 8.36. The number of carbonyl (C=O) groups is 1. The predicted molar refractivity (Wildman–Crippen MR) is 119 cm³/mol. The summed E-state index contributed by atoms with van der Waals surface area (Å²) in [5.41, 5.74) is 0.0492. The number of hydrogen-bond acceptors (Lipinski definition) is 4. The molecule has 0 radical (unpaired) electrons. The van der Waals surface area contributed by atoms with E-state index in [0.29, 0.717) is 36.3 Å². The molecule has 0 spiro atoms. The summed E-state index contributed by atoms with van der Waals surface area (Å²) in [5, 5.41) is 12.4. The first-order chi connectivity index (χ1) is 15.6. The second kappa shape index (κ2) is 9.44. The third-order valence-electron chi connectivity index (χ3n) is 6.01. The lowest BCUT2D eigenvalue weighted by atomic mass is 9.77. The molecule has 7 heteroatoms. The molecule has 166 valence electrons. The van der Waals surface area contributed by atoms with Gasteiger partial charge in [-0.05, 0) is 36.2 Å². The van der Waals surface area contributed by atoms with E-state index in [4.69, 9.17) is 0 Å². The second-order valence-electron chi connectivity index (χ2n) is 8.02. The average Bonchev–Trinajstić information content (AvgIpc) is 3.19. The molecule has 2 amide bonds. The minimum Gasteiger partial charge on any atom is -0.378 e. The van der Waals surface area contributed by atoms with Crippen LogP contribution < -0.4 is 0 Å². The summed E-state index contributed by atoms with van der Waals surface area (Å²) in [5.74, 6) is -0.379. The van der Waals surface area contributed by atoms with Crippen LogP contribution in [0.1, 0.15) is 42.5 Å². The lowest BCUT2D eigenvalue weighted by Gasteiger charge is -2.42. The lowest BCUT2D eigenvalue weighted by Crippen LogP contribution is -2.47. The minimum absolute atomic E-state index is 0.140. The molecule has 4 rings (SSSR count). The number of benzene rings is 1. The largest absolute Gasteiger partial charge is 0.378 e. The zero-order valence-corrected chi connectivity index (χ0v) is 18.1. The molecule has 3 heterocycles. The van der Waals surface area contributed by atoms with Crippen molar-refractivity contribution in [2.45, 2.75) is 31.4 Å². The van der Waals surface area contributed by atoms with Crippen molar-refractivity contribution in [3.63, 3.8) is 0 Å². The number of urea groups is 1. The number of aromatic nitrogens is 2. The zero-order valence-electron chi connectivity index (χ0n) is 18.1. The number of halogens is 1. The number of unbranched alkanes of at least 4 members (excludes halogenated alkanes) is 1. The fourth-order valence-electron chi connectivity index (χ4n) is 4.35. The SMILES string of the molecule is CCCCN1CCN(C(c2ccc(F)cc2)C(O)(c2cccnc2)c2cccnc2)C1=O. The molecule has 1 fully saturated rings. The Hall–Kier alpha value is -3.32. The highest BCUT2D eigenvalue weighted by atomic mass is 19.1. The van der Waals surface area contributed by atoms with Gasteiger partial charge in [0.25, 0.3) is 0 Å². The Kier molecular flexibility index (Phi) is 6.46. The van der Waals surface area contributed by atoms with Gasteiger partial charge in [0.1, 0.15) is 11.4 Å². The quantitative estimate of drug-likeness (QED) is 0.579. The third-order valence-corrected chi connectivity index (χ3v) is 6.01. The van der Waals surface area contributed by atoms with Crippen LogP contribution in [-0.4, -0.2) is 50.5 Å². The minimum atomic E-state index is -1.64. The molecule has 2 aromatic heterocycles. The first kappa shape index (κ1) is 21.9. The monoisotopic (exact) mass is 434 g/mol. The molecule has 1 N–H and O–H groups in total. The highest BCUT2D eigenvalue weighted by Crippen LogP contribution is 2.45. The van der Waals surface area contributed by atoms with Crippen molar-refractivity contribution in [1.29, 1.82) is 0 Å². The van der Waals surface area contributed by atoms with Crippen LogP contribution in [0.25, 0.3) is 0 Å². The summed E-state index contributed by atoms with van der Waals surface area (Å²) in [4.78, 5) is 25.4. The molecule has 0 bridgehead atoms. The molecule has 32 heavy (non-hydrogen) atoms. The van der Waals surface area contributed by atoms with Crippen molar-refractivity contribution >= 4 is 6.03 Å². The summed E-state index contributed by atoms with van der Waals surface area (Å²) in [6, 6.07) is 12.1. The van der Waals surface area contributed by atoms with Gasteiger partial charge in [0, 0.05) is 55.5 Å². The summed E-state index contributed by atoms with van der Waals surface area (Å²) in [6.45, 7) is 3.78. The maximum atomic E-state index is 13.8. The Morgan fingerprint density at radius 3 is 2.19 bits per heavy atom. The third kappa shape index (κ3) is 4.08. The summed E-state index contributed by atoms with van der Waals surface area (Å²) in [7, 11) is 0. The van der Waals surface area contributed by atoms with Crippen molar-refractivity contribution in [3.8, 4) is 0 Å². The van der Waals surface area contributed by atoms with Gasteiger partial charge in [0.2, 0.25) is 0 Å². The lowest BCUT2D eigenvalue weighted by molar-refractivity contribution is -0.00317. The second-order valence-corrected chi connectivity index (χ2v) is 8.02. The van der Waals surface area contributed by atoms with Crippen LogP contribution in [0.15, 0.2) is 73.3 Å². The van der Waals surface area contributed by atoms with E-state index in [1.54, 1.807) is 66.1 Å². The van der Waals surface area contributed by atoms with Gasteiger partial charge in [-0.3, -0.25) is 9.97 Å². The number of pyridine rings is 2. The molecular weight excluding hydrogens is 407 g/mol. The molecule has 6 nitrogen and oxygen atoms in total. The molecular formula is C25H27FN4O2. The van der Waals surface area contributed by atoms with Gasteiger partial charge in [-0.1, -0.05) is 37.6 Å². The normalized spacial score (nSPS) is 15.3. The van der Waals surface area contributed by atoms with Crippen molar-refractivity contribution in [1.82, 2.24) is 19.8 Å². The topological polar surface area (TPSA) is 69.6 Å². The first-order valence-corrected chi connectivity index (χ1v) is 10.9. The van der Waals surface area contributed by atoms with E-state index in [1.165, 1.54) is 12.1 Å². The van der Waals surface area contributed by atoms with Crippen LogP contribution >= 0.6 is 0 Å². The fourth-order valence-corrected chi connectivity index (χ4v) is 4.35. The molecule has 1 aliphatic heterocycles. The molecule has 0 aliphatic carbocycles. The number of hydrogen-bond donors (Lipinski definition) is 1. The van der Waals surface area contributed by atoms with Crippen LogP contribution in [0.2, 0.25) is 0 Å². The van der Waals surface area contributed by atoms with E-state index in [2.05, 4.69) is 16.9 Å². The van der Waals surface area contributed by atoms with E-state index in [9.17, 15) is 14.3 Å². The highest BCUT2D eigenvalue weighted by Gasteiger charge is 2.48. The fraction of sp³-hybridized carbons (Fsp3) is 0.320. The molecule has 3 aromatic rings. The van der Waals surface area contributed by atoms with E-state index < -0.39 is 11.6 Å². The van der Waals surface area contributed by atoms with Gasteiger partial charge >= 0.3 is 6.03 Å². The number of carbonyl (C=O) groups excluding carboxylic acids is 1. The average molecular weight is 435 g/mol. The van der Waals surface area contributed by atoms with Crippen LogP contribution in [0.4, 0.5) is 9.18 Å². The number of nitrogens with zero attached hydrogens (tertiary/aromatic N) is 4. The molecule has 0 saturated carbocycles. The molecule has 1 saturated heterocycles. The standard InChI is InChI=1S/C25H27FN4O2/c1-2-3-14-29-15-16-30(24(29)31)23(19-8-10-22(26)11-9-19)25(32,20-6-4-12-27-17-20)21-7-5-13-28-18-21/h4-13,17-18,23,32H,2-3,14-16H2,1H3. The predicted octanol–water partition coefficient (Wildman–Crippen LogP) is 4.13. The Bertz CT molecular complexity index is 991. The maximum absolute atomic E-state index is 13.8. The van der Waals surface area contributed by atoms with Crippen molar-refractivity contribution in [3.05, 3.63) is 95.8 Å². The number of aliphatic hydroxyl groups is 1. The van der Waals surface area contributed by atoms with Crippen LogP contribution in [-0.2, 0) is 5.60 Å². The van der Waals surface area contributed by atoms with E-state index in [1.807, 2.05) is 4.90 Å². The molecule has 1 unspecified atom stereocenters. The van der Waals surface area contributed by atoms with Crippen LogP contribution in [0, 0.1) is 5.82 Å².